The van der Waals surface area contributed by atoms with Gasteiger partial charge in [0.2, 0.25) is 0 Å². The molecule has 79 valence electrons. The van der Waals surface area contributed by atoms with Crippen LogP contribution in [0.15, 0.2) is 0 Å². The zero-order valence-corrected chi connectivity index (χ0v) is 9.81. The van der Waals surface area contributed by atoms with E-state index in [0.717, 1.165) is 5.92 Å². The van der Waals surface area contributed by atoms with Gasteiger partial charge in [-0.3, -0.25) is 0 Å². The van der Waals surface area contributed by atoms with Crippen LogP contribution in [0.4, 0.5) is 0 Å². The third kappa shape index (κ3) is 9.92. The van der Waals surface area contributed by atoms with E-state index in [2.05, 4.69) is 27.2 Å². The molecule has 0 aliphatic heterocycles. The van der Waals surface area contributed by atoms with Crippen LogP contribution < -0.4 is 0 Å². The van der Waals surface area contributed by atoms with E-state index in [-0.39, 0.29) is 0 Å². The minimum atomic E-state index is 0.829. The molecule has 0 amide bonds. The van der Waals surface area contributed by atoms with Crippen molar-refractivity contribution in [3.8, 4) is 0 Å². The van der Waals surface area contributed by atoms with Gasteiger partial charge in [0.05, 0.1) is 0 Å². The standard InChI is InChI=1S/C13H27/c1-4-6-7-8-9-10-11-12-13(3)5-2/h5,13H,4,6-12H2,1-3H3. The Morgan fingerprint density at radius 2 is 1.46 bits per heavy atom. The van der Waals surface area contributed by atoms with E-state index in [9.17, 15) is 0 Å². The predicted molar refractivity (Wildman–Crippen MR) is 61.7 cm³/mol. The van der Waals surface area contributed by atoms with Crippen molar-refractivity contribution in [1.82, 2.24) is 0 Å². The van der Waals surface area contributed by atoms with Gasteiger partial charge in [0, 0.05) is 0 Å². The molecule has 0 heteroatoms. The summed E-state index contributed by atoms with van der Waals surface area (Å²) in [5.41, 5.74) is 0. The van der Waals surface area contributed by atoms with Crippen molar-refractivity contribution < 1.29 is 0 Å². The van der Waals surface area contributed by atoms with Crippen LogP contribution in [0.3, 0.4) is 0 Å². The minimum absolute atomic E-state index is 0.829. The maximum absolute atomic E-state index is 2.32. The summed E-state index contributed by atoms with van der Waals surface area (Å²) in [4.78, 5) is 0. The van der Waals surface area contributed by atoms with Gasteiger partial charge in [-0.15, -0.1) is 0 Å². The van der Waals surface area contributed by atoms with Crippen molar-refractivity contribution in [3.05, 3.63) is 6.42 Å². The molecule has 0 aliphatic carbocycles. The Balaban J connectivity index is 2.91. The zero-order chi connectivity index (χ0) is 9.94. The molecule has 0 spiro atoms. The molecule has 0 rings (SSSR count). The predicted octanol–water partition coefficient (Wildman–Crippen LogP) is 4.99. The highest BCUT2D eigenvalue weighted by Gasteiger charge is 1.97. The first-order valence-corrected chi connectivity index (χ1v) is 6.10. The Hall–Kier alpha value is 0. The third-order valence-corrected chi connectivity index (χ3v) is 2.83. The molecule has 0 aromatic rings. The van der Waals surface area contributed by atoms with Gasteiger partial charge in [-0.05, 0) is 12.3 Å². The number of rotatable bonds is 9. The summed E-state index contributed by atoms with van der Waals surface area (Å²) in [6.45, 7) is 6.77. The normalized spacial score (nSPS) is 13.2. The smallest absolute Gasteiger partial charge is 0.0389 e. The van der Waals surface area contributed by atoms with E-state index in [4.69, 9.17) is 0 Å². The fraction of sp³-hybridized carbons (Fsp3) is 0.923. The van der Waals surface area contributed by atoms with Crippen LogP contribution >= 0.6 is 0 Å². The molecule has 0 aromatic heterocycles. The van der Waals surface area contributed by atoms with Crippen molar-refractivity contribution in [3.63, 3.8) is 0 Å². The second kappa shape index (κ2) is 10.1. The molecule has 0 aliphatic rings. The first kappa shape index (κ1) is 13.0. The summed E-state index contributed by atoms with van der Waals surface area (Å²) in [6, 6.07) is 0. The number of hydrogen-bond acceptors (Lipinski definition) is 0. The Kier molecular flexibility index (Phi) is 10.1. The molecule has 0 nitrogen and oxygen atoms in total. The summed E-state index contributed by atoms with van der Waals surface area (Å²) >= 11 is 0. The van der Waals surface area contributed by atoms with Gasteiger partial charge in [0.25, 0.3) is 0 Å². The average Bonchev–Trinajstić information content (AvgIpc) is 2.16. The number of unbranched alkanes of at least 4 members (excludes halogenated alkanes) is 6. The first-order chi connectivity index (χ1) is 6.31. The largest absolute Gasteiger partial charge is 0.0654 e. The average molecular weight is 183 g/mol. The zero-order valence-electron chi connectivity index (χ0n) is 9.81. The second-order valence-electron chi connectivity index (χ2n) is 4.22. The Bertz CT molecular complexity index is 86.0. The van der Waals surface area contributed by atoms with Gasteiger partial charge in [0.1, 0.15) is 0 Å². The van der Waals surface area contributed by atoms with Gasteiger partial charge >= 0.3 is 0 Å². The van der Waals surface area contributed by atoms with E-state index >= 15 is 0 Å². The van der Waals surface area contributed by atoms with Gasteiger partial charge in [-0.1, -0.05) is 72.1 Å². The lowest BCUT2D eigenvalue weighted by Crippen LogP contribution is -1.92. The van der Waals surface area contributed by atoms with Gasteiger partial charge in [-0.25, -0.2) is 0 Å². The highest BCUT2D eigenvalue weighted by atomic mass is 14.0. The molecule has 0 heterocycles. The van der Waals surface area contributed by atoms with Crippen LogP contribution in [-0.4, -0.2) is 0 Å². The molecule has 1 radical (unpaired) electrons. The van der Waals surface area contributed by atoms with Crippen LogP contribution in [0.25, 0.3) is 0 Å². The third-order valence-electron chi connectivity index (χ3n) is 2.83. The molecule has 1 unspecified atom stereocenters. The lowest BCUT2D eigenvalue weighted by Gasteiger charge is -2.06. The van der Waals surface area contributed by atoms with E-state index in [1.54, 1.807) is 0 Å². The quantitative estimate of drug-likeness (QED) is 0.442. The summed E-state index contributed by atoms with van der Waals surface area (Å²) in [6.07, 6.45) is 13.7. The maximum atomic E-state index is 2.32. The molecule has 0 fully saturated rings. The lowest BCUT2D eigenvalue weighted by atomic mass is 10.00. The van der Waals surface area contributed by atoms with Crippen molar-refractivity contribution >= 4 is 0 Å². The molecular formula is C13H27. The molecule has 0 saturated heterocycles. The van der Waals surface area contributed by atoms with Crippen LogP contribution in [0, 0.1) is 12.3 Å². The minimum Gasteiger partial charge on any atom is -0.0654 e. The summed E-state index contributed by atoms with van der Waals surface area (Å²) in [5, 5.41) is 0. The van der Waals surface area contributed by atoms with Crippen LogP contribution in [-0.2, 0) is 0 Å². The fourth-order valence-electron chi connectivity index (χ4n) is 1.59. The molecule has 0 bridgehead atoms. The molecule has 0 saturated carbocycles. The SMILES string of the molecule is C[CH]C(C)CCCCCCCCC. The number of hydrogen-bond donors (Lipinski definition) is 0. The van der Waals surface area contributed by atoms with E-state index in [1.165, 1.54) is 51.4 Å². The van der Waals surface area contributed by atoms with Gasteiger partial charge < -0.3 is 0 Å². The molecule has 0 N–H and O–H groups in total. The van der Waals surface area contributed by atoms with Crippen LogP contribution in [0.1, 0.15) is 72.1 Å². The Morgan fingerprint density at radius 3 is 2.00 bits per heavy atom. The van der Waals surface area contributed by atoms with E-state index in [0.29, 0.717) is 0 Å². The van der Waals surface area contributed by atoms with Crippen molar-refractivity contribution in [2.24, 2.45) is 5.92 Å². The topological polar surface area (TPSA) is 0 Å². The first-order valence-electron chi connectivity index (χ1n) is 6.10. The highest BCUT2D eigenvalue weighted by molar-refractivity contribution is 4.65. The van der Waals surface area contributed by atoms with Crippen molar-refractivity contribution in [2.75, 3.05) is 0 Å². The monoisotopic (exact) mass is 183 g/mol. The van der Waals surface area contributed by atoms with Gasteiger partial charge in [-0.2, -0.15) is 0 Å². The second-order valence-corrected chi connectivity index (χ2v) is 4.22. The van der Waals surface area contributed by atoms with Crippen molar-refractivity contribution in [2.45, 2.75) is 72.1 Å². The van der Waals surface area contributed by atoms with Crippen molar-refractivity contribution in [1.29, 1.82) is 0 Å². The molecule has 0 aromatic carbocycles. The Labute approximate surface area is 85.1 Å². The maximum Gasteiger partial charge on any atom is -0.0389 e. The van der Waals surface area contributed by atoms with Crippen LogP contribution in [0.5, 0.6) is 0 Å². The summed E-state index contributed by atoms with van der Waals surface area (Å²) in [5.74, 6) is 0.829. The lowest BCUT2D eigenvalue weighted by molar-refractivity contribution is 0.521. The summed E-state index contributed by atoms with van der Waals surface area (Å²) in [7, 11) is 0. The molecule has 13 heavy (non-hydrogen) atoms. The van der Waals surface area contributed by atoms with E-state index < -0.39 is 0 Å². The fourth-order valence-corrected chi connectivity index (χ4v) is 1.59. The Morgan fingerprint density at radius 1 is 0.923 bits per heavy atom. The van der Waals surface area contributed by atoms with Crippen LogP contribution in [0.2, 0.25) is 0 Å². The summed E-state index contributed by atoms with van der Waals surface area (Å²) < 4.78 is 0. The molecular weight excluding hydrogens is 156 g/mol. The van der Waals surface area contributed by atoms with E-state index in [1.807, 2.05) is 0 Å². The van der Waals surface area contributed by atoms with Gasteiger partial charge in [0.15, 0.2) is 0 Å². The molecule has 1 atom stereocenters. The highest BCUT2D eigenvalue weighted by Crippen LogP contribution is 2.13.